The largest absolute Gasteiger partial charge is 0.381 e. The molecule has 0 amide bonds. The van der Waals surface area contributed by atoms with Crippen molar-refractivity contribution in [3.05, 3.63) is 11.6 Å². The molecule has 1 aromatic rings. The van der Waals surface area contributed by atoms with Crippen LogP contribution in [0.3, 0.4) is 0 Å². The van der Waals surface area contributed by atoms with Crippen LogP contribution in [0.5, 0.6) is 0 Å². The summed E-state index contributed by atoms with van der Waals surface area (Å²) in [6.45, 7) is 9.33. The number of hydrogen-bond acceptors (Lipinski definition) is 4. The van der Waals surface area contributed by atoms with Gasteiger partial charge in [-0.05, 0) is 12.3 Å². The van der Waals surface area contributed by atoms with Crippen LogP contribution in [0, 0.1) is 5.92 Å². The first kappa shape index (κ1) is 14.1. The van der Waals surface area contributed by atoms with Gasteiger partial charge in [-0.1, -0.05) is 20.8 Å². The zero-order valence-electron chi connectivity index (χ0n) is 11.1. The first-order valence-electron chi connectivity index (χ1n) is 6.37. The van der Waals surface area contributed by atoms with Gasteiger partial charge in [-0.25, -0.2) is 0 Å². The second-order valence-corrected chi connectivity index (χ2v) is 4.60. The van der Waals surface area contributed by atoms with Gasteiger partial charge in [-0.15, -0.1) is 10.2 Å². The highest BCUT2D eigenvalue weighted by Crippen LogP contribution is 2.07. The van der Waals surface area contributed by atoms with Crippen LogP contribution in [0.2, 0.25) is 0 Å². The second kappa shape index (κ2) is 7.40. The number of ether oxygens (including phenoxy) is 1. The lowest BCUT2D eigenvalue weighted by molar-refractivity contribution is 0.136. The van der Waals surface area contributed by atoms with E-state index in [0.717, 1.165) is 37.6 Å². The Kier molecular flexibility index (Phi) is 6.15. The van der Waals surface area contributed by atoms with Gasteiger partial charge in [0.05, 0.1) is 13.2 Å². The lowest BCUT2D eigenvalue weighted by atomic mass is 10.2. The van der Waals surface area contributed by atoms with Gasteiger partial charge in [0.25, 0.3) is 0 Å². The molecule has 1 rings (SSSR count). The fourth-order valence-corrected chi connectivity index (χ4v) is 1.69. The molecule has 0 aliphatic carbocycles. The number of rotatable bonds is 8. The van der Waals surface area contributed by atoms with E-state index in [2.05, 4.69) is 35.5 Å². The Morgan fingerprint density at radius 2 is 1.94 bits per heavy atom. The number of aromatic nitrogens is 3. The summed E-state index contributed by atoms with van der Waals surface area (Å²) in [5, 5.41) is 8.31. The van der Waals surface area contributed by atoms with Gasteiger partial charge in [0.1, 0.15) is 11.6 Å². The number of nitrogens with two attached hydrogens (primary N) is 1. The average molecular weight is 240 g/mol. The van der Waals surface area contributed by atoms with E-state index in [4.69, 9.17) is 10.5 Å². The Labute approximate surface area is 103 Å². The average Bonchev–Trinajstić information content (AvgIpc) is 2.66. The molecular formula is C12H24N4O. The molecule has 5 nitrogen and oxygen atoms in total. The van der Waals surface area contributed by atoms with Crippen LogP contribution in [0.25, 0.3) is 0 Å². The summed E-state index contributed by atoms with van der Waals surface area (Å²) >= 11 is 0. The second-order valence-electron chi connectivity index (χ2n) is 4.60. The van der Waals surface area contributed by atoms with Gasteiger partial charge >= 0.3 is 0 Å². The first-order valence-corrected chi connectivity index (χ1v) is 6.37. The summed E-state index contributed by atoms with van der Waals surface area (Å²) in [7, 11) is 0. The predicted molar refractivity (Wildman–Crippen MR) is 67.6 cm³/mol. The summed E-state index contributed by atoms with van der Waals surface area (Å²) in [6.07, 6.45) is 1.85. The predicted octanol–water partition coefficient (Wildman–Crippen LogP) is 1.36. The van der Waals surface area contributed by atoms with Crippen molar-refractivity contribution in [2.24, 2.45) is 11.7 Å². The monoisotopic (exact) mass is 240 g/mol. The molecular weight excluding hydrogens is 216 g/mol. The molecule has 1 aromatic heterocycles. The van der Waals surface area contributed by atoms with Gasteiger partial charge in [-0.2, -0.15) is 0 Å². The molecule has 17 heavy (non-hydrogen) atoms. The molecule has 0 atom stereocenters. The van der Waals surface area contributed by atoms with Gasteiger partial charge in [-0.3, -0.25) is 0 Å². The van der Waals surface area contributed by atoms with Crippen molar-refractivity contribution in [1.29, 1.82) is 0 Å². The maximum Gasteiger partial charge on any atom is 0.146 e. The summed E-state index contributed by atoms with van der Waals surface area (Å²) in [4.78, 5) is 0. The van der Waals surface area contributed by atoms with E-state index in [0.29, 0.717) is 19.1 Å². The van der Waals surface area contributed by atoms with Crippen molar-refractivity contribution < 1.29 is 4.74 Å². The lowest BCUT2D eigenvalue weighted by Crippen LogP contribution is -2.15. The minimum Gasteiger partial charge on any atom is -0.381 e. The van der Waals surface area contributed by atoms with E-state index in [-0.39, 0.29) is 0 Å². The molecule has 0 saturated heterocycles. The highest BCUT2D eigenvalue weighted by atomic mass is 16.5. The van der Waals surface area contributed by atoms with E-state index in [1.807, 2.05) is 0 Å². The zero-order valence-corrected chi connectivity index (χ0v) is 11.1. The van der Waals surface area contributed by atoms with E-state index in [1.54, 1.807) is 0 Å². The van der Waals surface area contributed by atoms with Crippen molar-refractivity contribution in [3.63, 3.8) is 0 Å². The van der Waals surface area contributed by atoms with Gasteiger partial charge in [0, 0.05) is 19.6 Å². The van der Waals surface area contributed by atoms with Gasteiger partial charge in [0.2, 0.25) is 0 Å². The van der Waals surface area contributed by atoms with Crippen molar-refractivity contribution in [3.8, 4) is 0 Å². The Morgan fingerprint density at radius 1 is 1.24 bits per heavy atom. The van der Waals surface area contributed by atoms with Crippen molar-refractivity contribution in [1.82, 2.24) is 14.8 Å². The van der Waals surface area contributed by atoms with Crippen molar-refractivity contribution in [2.75, 3.05) is 13.2 Å². The van der Waals surface area contributed by atoms with Crippen molar-refractivity contribution in [2.45, 2.75) is 46.7 Å². The van der Waals surface area contributed by atoms with E-state index in [1.165, 1.54) is 0 Å². The molecule has 0 aliphatic rings. The molecule has 98 valence electrons. The molecule has 0 radical (unpaired) electrons. The molecule has 1 heterocycles. The smallest absolute Gasteiger partial charge is 0.146 e. The summed E-state index contributed by atoms with van der Waals surface area (Å²) in [5.74, 6) is 2.41. The first-order chi connectivity index (χ1) is 8.19. The molecule has 0 aliphatic heterocycles. The molecule has 0 fully saturated rings. The molecule has 5 heteroatoms. The fourth-order valence-electron chi connectivity index (χ4n) is 1.69. The SMILES string of the molecule is CCCOCCc1nnc(CN)n1CC(C)C. The third kappa shape index (κ3) is 4.44. The highest BCUT2D eigenvalue weighted by molar-refractivity contribution is 4.96. The standard InChI is InChI=1S/C12H24N4O/c1-4-6-17-7-5-11-14-15-12(8-13)16(11)9-10(2)3/h10H,4-9,13H2,1-3H3. The Balaban J connectivity index is 2.60. The molecule has 0 saturated carbocycles. The van der Waals surface area contributed by atoms with Crippen LogP contribution < -0.4 is 5.73 Å². The highest BCUT2D eigenvalue weighted by Gasteiger charge is 2.11. The van der Waals surface area contributed by atoms with Gasteiger partial charge < -0.3 is 15.0 Å². The fraction of sp³-hybridized carbons (Fsp3) is 0.833. The number of hydrogen-bond donors (Lipinski definition) is 1. The number of nitrogens with zero attached hydrogens (tertiary/aromatic N) is 3. The minimum absolute atomic E-state index is 0.440. The molecule has 0 unspecified atom stereocenters. The summed E-state index contributed by atoms with van der Waals surface area (Å²) < 4.78 is 7.60. The van der Waals surface area contributed by atoms with Crippen LogP contribution in [-0.2, 0) is 24.2 Å². The van der Waals surface area contributed by atoms with Crippen LogP contribution in [0.1, 0.15) is 38.8 Å². The quantitative estimate of drug-likeness (QED) is 0.697. The minimum atomic E-state index is 0.440. The van der Waals surface area contributed by atoms with Gasteiger partial charge in [0.15, 0.2) is 0 Å². The maximum absolute atomic E-state index is 5.66. The Bertz CT molecular complexity index is 322. The van der Waals surface area contributed by atoms with E-state index in [9.17, 15) is 0 Å². The Hall–Kier alpha value is -0.940. The topological polar surface area (TPSA) is 66.0 Å². The zero-order chi connectivity index (χ0) is 12.7. The summed E-state index contributed by atoms with van der Waals surface area (Å²) in [5.41, 5.74) is 5.66. The Morgan fingerprint density at radius 3 is 2.53 bits per heavy atom. The molecule has 0 bridgehead atoms. The lowest BCUT2D eigenvalue weighted by Gasteiger charge is -2.12. The molecule has 0 spiro atoms. The molecule has 0 aromatic carbocycles. The summed E-state index contributed by atoms with van der Waals surface area (Å²) in [6, 6.07) is 0. The maximum atomic E-state index is 5.66. The van der Waals surface area contributed by atoms with Crippen molar-refractivity contribution >= 4 is 0 Å². The normalized spacial score (nSPS) is 11.4. The molecule has 2 N–H and O–H groups in total. The van der Waals surface area contributed by atoms with E-state index >= 15 is 0 Å². The van der Waals surface area contributed by atoms with Crippen LogP contribution in [0.15, 0.2) is 0 Å². The van der Waals surface area contributed by atoms with E-state index < -0.39 is 0 Å². The third-order valence-corrected chi connectivity index (χ3v) is 2.45. The third-order valence-electron chi connectivity index (χ3n) is 2.45. The van der Waals surface area contributed by atoms with Crippen LogP contribution in [0.4, 0.5) is 0 Å². The van der Waals surface area contributed by atoms with Crippen LogP contribution in [-0.4, -0.2) is 28.0 Å². The van der Waals surface area contributed by atoms with Crippen LogP contribution >= 0.6 is 0 Å².